The summed E-state index contributed by atoms with van der Waals surface area (Å²) in [6, 6.07) is 14.3. The zero-order valence-electron chi connectivity index (χ0n) is 19.1. The van der Waals surface area contributed by atoms with Gasteiger partial charge in [-0.3, -0.25) is 19.5 Å². The SMILES string of the molecule is NC(=O)CC(=O)N(c1ccc(F)cc1)c1ccc(Oc2ncnn3cc(-c4cccnc4)cc23)c(F)c1. The largest absolute Gasteiger partial charge is 0.434 e. The molecule has 0 unspecified atom stereocenters. The molecular formula is C26H18F2N6O3. The Balaban J connectivity index is 1.48. The Kier molecular flexibility index (Phi) is 6.25. The van der Waals surface area contributed by atoms with Crippen LogP contribution in [-0.4, -0.2) is 31.4 Å². The molecule has 0 spiro atoms. The number of nitrogens with two attached hydrogens (primary N) is 1. The molecule has 0 radical (unpaired) electrons. The van der Waals surface area contributed by atoms with Gasteiger partial charge in [0.05, 0.1) is 5.69 Å². The van der Waals surface area contributed by atoms with Gasteiger partial charge >= 0.3 is 0 Å². The summed E-state index contributed by atoms with van der Waals surface area (Å²) < 4.78 is 35.9. The first-order chi connectivity index (χ1) is 17.9. The summed E-state index contributed by atoms with van der Waals surface area (Å²) in [7, 11) is 0. The van der Waals surface area contributed by atoms with Crippen LogP contribution < -0.4 is 15.4 Å². The summed E-state index contributed by atoms with van der Waals surface area (Å²) in [6.45, 7) is 0. The van der Waals surface area contributed by atoms with Crippen molar-refractivity contribution in [3.05, 3.63) is 97.2 Å². The molecule has 0 aliphatic carbocycles. The quantitative estimate of drug-likeness (QED) is 0.331. The summed E-state index contributed by atoms with van der Waals surface area (Å²) in [4.78, 5) is 33.4. The molecule has 184 valence electrons. The number of hydrogen-bond acceptors (Lipinski definition) is 6. The lowest BCUT2D eigenvalue weighted by Gasteiger charge is -2.23. The zero-order chi connectivity index (χ0) is 25.9. The van der Waals surface area contributed by atoms with Crippen molar-refractivity contribution in [2.45, 2.75) is 6.42 Å². The Hall–Kier alpha value is -5.19. The van der Waals surface area contributed by atoms with E-state index < -0.39 is 29.9 Å². The normalized spacial score (nSPS) is 10.9. The van der Waals surface area contributed by atoms with E-state index >= 15 is 4.39 Å². The first-order valence-electron chi connectivity index (χ1n) is 11.0. The standard InChI is InChI=1S/C26H18F2N6O3/c27-18-3-5-19(6-4-18)34(25(36)12-24(29)35)20-7-8-23(21(28)11-20)37-26-22-10-17(14-33(22)32-15-31-26)16-2-1-9-30-13-16/h1-11,13-15H,12H2,(H2,29,35). The molecule has 11 heteroatoms. The van der Waals surface area contributed by atoms with E-state index in [0.717, 1.165) is 34.2 Å². The van der Waals surface area contributed by atoms with E-state index in [4.69, 9.17) is 10.5 Å². The number of primary amides is 1. The third kappa shape index (κ3) is 4.96. The van der Waals surface area contributed by atoms with E-state index in [1.165, 1.54) is 30.6 Å². The number of benzene rings is 2. The smallest absolute Gasteiger partial charge is 0.247 e. The van der Waals surface area contributed by atoms with Gasteiger partial charge in [-0.1, -0.05) is 6.07 Å². The molecule has 37 heavy (non-hydrogen) atoms. The van der Waals surface area contributed by atoms with Crippen LogP contribution >= 0.6 is 0 Å². The minimum absolute atomic E-state index is 0.0945. The molecule has 3 heterocycles. The van der Waals surface area contributed by atoms with Crippen LogP contribution in [0, 0.1) is 11.6 Å². The van der Waals surface area contributed by atoms with Crippen LogP contribution in [0.1, 0.15) is 6.42 Å². The average Bonchev–Trinajstić information content (AvgIpc) is 3.33. The molecule has 9 nitrogen and oxygen atoms in total. The third-order valence-electron chi connectivity index (χ3n) is 5.41. The number of aromatic nitrogens is 4. The number of rotatable bonds is 7. The minimum Gasteiger partial charge on any atom is -0.434 e. The van der Waals surface area contributed by atoms with Gasteiger partial charge in [0.1, 0.15) is 24.1 Å². The van der Waals surface area contributed by atoms with Crippen molar-refractivity contribution in [3.63, 3.8) is 0 Å². The van der Waals surface area contributed by atoms with Crippen LogP contribution in [0.25, 0.3) is 16.6 Å². The Labute approximate surface area is 208 Å². The highest BCUT2D eigenvalue weighted by molar-refractivity contribution is 6.08. The van der Waals surface area contributed by atoms with Gasteiger partial charge in [-0.2, -0.15) is 10.1 Å². The van der Waals surface area contributed by atoms with Gasteiger partial charge in [0.25, 0.3) is 0 Å². The highest BCUT2D eigenvalue weighted by Gasteiger charge is 2.22. The number of ether oxygens (including phenoxy) is 1. The van der Waals surface area contributed by atoms with Crippen LogP contribution in [0.4, 0.5) is 20.2 Å². The van der Waals surface area contributed by atoms with Crippen LogP contribution in [0.3, 0.4) is 0 Å². The maximum absolute atomic E-state index is 15.2. The third-order valence-corrected chi connectivity index (χ3v) is 5.41. The lowest BCUT2D eigenvalue weighted by Crippen LogP contribution is -2.30. The summed E-state index contributed by atoms with van der Waals surface area (Å²) in [5.41, 5.74) is 7.67. The molecule has 2 aromatic carbocycles. The maximum atomic E-state index is 15.2. The van der Waals surface area contributed by atoms with Gasteiger partial charge in [-0.25, -0.2) is 13.3 Å². The Bertz CT molecular complexity index is 1610. The molecule has 0 aliphatic heterocycles. The zero-order valence-corrected chi connectivity index (χ0v) is 19.1. The summed E-state index contributed by atoms with van der Waals surface area (Å²) >= 11 is 0. The molecule has 2 N–H and O–H groups in total. The summed E-state index contributed by atoms with van der Waals surface area (Å²) in [6.07, 6.45) is 5.79. The average molecular weight is 500 g/mol. The van der Waals surface area contributed by atoms with Gasteiger partial charge < -0.3 is 10.5 Å². The molecule has 5 rings (SSSR count). The van der Waals surface area contributed by atoms with E-state index in [1.807, 2.05) is 6.07 Å². The molecule has 0 bridgehead atoms. The molecule has 3 aromatic heterocycles. The molecule has 0 aliphatic rings. The molecule has 5 aromatic rings. The van der Waals surface area contributed by atoms with E-state index in [2.05, 4.69) is 15.1 Å². The van der Waals surface area contributed by atoms with E-state index in [9.17, 15) is 14.0 Å². The molecular weight excluding hydrogens is 482 g/mol. The second-order valence-electron chi connectivity index (χ2n) is 7.93. The van der Waals surface area contributed by atoms with Gasteiger partial charge in [0, 0.05) is 41.5 Å². The van der Waals surface area contributed by atoms with Crippen molar-refractivity contribution in [1.29, 1.82) is 0 Å². The second kappa shape index (κ2) is 9.82. The van der Waals surface area contributed by atoms with Crippen LogP contribution in [-0.2, 0) is 9.59 Å². The molecule has 0 fully saturated rings. The first-order valence-corrected chi connectivity index (χ1v) is 11.0. The summed E-state index contributed by atoms with van der Waals surface area (Å²) in [5, 5.41) is 4.17. The van der Waals surface area contributed by atoms with Crippen LogP contribution in [0.15, 0.2) is 85.6 Å². The van der Waals surface area contributed by atoms with Gasteiger partial charge in [-0.05, 0) is 48.5 Å². The number of nitrogens with zero attached hydrogens (tertiary/aromatic N) is 5. The first kappa shape index (κ1) is 23.5. The fourth-order valence-corrected chi connectivity index (χ4v) is 3.75. The Morgan fingerprint density at radius 3 is 2.49 bits per heavy atom. The maximum Gasteiger partial charge on any atom is 0.247 e. The number of fused-ring (bicyclic) bond motifs is 1. The molecule has 2 amide bonds. The van der Waals surface area contributed by atoms with Gasteiger partial charge in [-0.15, -0.1) is 0 Å². The van der Waals surface area contributed by atoms with Crippen molar-refractivity contribution >= 4 is 28.7 Å². The van der Waals surface area contributed by atoms with Gasteiger partial charge in [0.2, 0.25) is 17.7 Å². The predicted molar refractivity (Wildman–Crippen MR) is 130 cm³/mol. The minimum atomic E-state index is -0.858. The van der Waals surface area contributed by atoms with E-state index in [1.54, 1.807) is 35.2 Å². The monoisotopic (exact) mass is 500 g/mol. The highest BCUT2D eigenvalue weighted by atomic mass is 19.1. The number of hydrogen-bond donors (Lipinski definition) is 1. The predicted octanol–water partition coefficient (Wildman–Crippen LogP) is 4.40. The van der Waals surface area contributed by atoms with Crippen LogP contribution in [0.5, 0.6) is 11.6 Å². The summed E-state index contributed by atoms with van der Waals surface area (Å²) in [5.74, 6) is -2.93. The fourth-order valence-electron chi connectivity index (χ4n) is 3.75. The Morgan fingerprint density at radius 1 is 1.00 bits per heavy atom. The van der Waals surface area contributed by atoms with Crippen molar-refractivity contribution in [3.8, 4) is 22.8 Å². The second-order valence-corrected chi connectivity index (χ2v) is 7.93. The number of amides is 2. The van der Waals surface area contributed by atoms with Crippen molar-refractivity contribution in [2.75, 3.05) is 4.90 Å². The lowest BCUT2D eigenvalue weighted by atomic mass is 10.1. The van der Waals surface area contributed by atoms with Crippen LogP contribution in [0.2, 0.25) is 0 Å². The van der Waals surface area contributed by atoms with Crippen molar-refractivity contribution < 1.29 is 23.1 Å². The lowest BCUT2D eigenvalue weighted by molar-refractivity contribution is -0.125. The van der Waals surface area contributed by atoms with E-state index in [-0.39, 0.29) is 23.0 Å². The number of halogens is 2. The number of carbonyl (C=O) groups excluding carboxylic acids is 2. The molecule has 0 atom stereocenters. The van der Waals surface area contributed by atoms with E-state index in [0.29, 0.717) is 5.52 Å². The fraction of sp³-hybridized carbons (Fsp3) is 0.0385. The Morgan fingerprint density at radius 2 is 1.78 bits per heavy atom. The number of anilines is 2. The van der Waals surface area contributed by atoms with Crippen molar-refractivity contribution in [1.82, 2.24) is 19.6 Å². The highest BCUT2D eigenvalue weighted by Crippen LogP contribution is 2.33. The molecule has 0 saturated carbocycles. The topological polar surface area (TPSA) is 116 Å². The number of pyridine rings is 1. The number of carbonyl (C=O) groups is 2. The van der Waals surface area contributed by atoms with Gasteiger partial charge in [0.15, 0.2) is 11.6 Å². The van der Waals surface area contributed by atoms with Crippen molar-refractivity contribution in [2.24, 2.45) is 5.73 Å². The molecule has 0 saturated heterocycles.